The van der Waals surface area contributed by atoms with Crippen LogP contribution in [-0.2, 0) is 5.60 Å². The van der Waals surface area contributed by atoms with E-state index in [0.29, 0.717) is 0 Å². The van der Waals surface area contributed by atoms with Crippen molar-refractivity contribution < 1.29 is 23.4 Å². The Balaban J connectivity index is 3.31. The monoisotopic (exact) mass is 248 g/mol. The van der Waals surface area contributed by atoms with E-state index in [9.17, 15) is 23.4 Å². The third-order valence-corrected chi connectivity index (χ3v) is 2.71. The number of hydrogen-bond acceptors (Lipinski definition) is 2. The van der Waals surface area contributed by atoms with Crippen LogP contribution in [0.1, 0.15) is 19.4 Å². The summed E-state index contributed by atoms with van der Waals surface area (Å²) in [6, 6.07) is 6.62. The maximum absolute atomic E-state index is 13.0. The van der Waals surface area contributed by atoms with Crippen LogP contribution in [0.3, 0.4) is 0 Å². The summed E-state index contributed by atoms with van der Waals surface area (Å²) in [6.45, 7) is 2.84. The van der Waals surface area contributed by atoms with Crippen molar-refractivity contribution in [1.82, 2.24) is 0 Å². The smallest absolute Gasteiger partial charge is 0.389 e. The van der Waals surface area contributed by atoms with Gasteiger partial charge in [0, 0.05) is 0 Å². The second-order valence-electron chi connectivity index (χ2n) is 4.32. The van der Waals surface area contributed by atoms with Gasteiger partial charge in [-0.2, -0.15) is 13.2 Å². The average molecular weight is 248 g/mol. The van der Waals surface area contributed by atoms with Crippen LogP contribution in [0, 0.1) is 5.92 Å². The van der Waals surface area contributed by atoms with Gasteiger partial charge in [0.05, 0.1) is 6.10 Å². The van der Waals surface area contributed by atoms with E-state index in [-0.39, 0.29) is 5.56 Å². The number of benzene rings is 1. The van der Waals surface area contributed by atoms with Gasteiger partial charge >= 0.3 is 6.18 Å². The van der Waals surface area contributed by atoms with Gasteiger partial charge in [-0.1, -0.05) is 44.2 Å². The van der Waals surface area contributed by atoms with Crippen molar-refractivity contribution in [1.29, 1.82) is 0 Å². The summed E-state index contributed by atoms with van der Waals surface area (Å²) in [5.41, 5.74) is -3.59. The molecule has 0 fully saturated rings. The number of halogens is 3. The Morgan fingerprint density at radius 1 is 1.06 bits per heavy atom. The van der Waals surface area contributed by atoms with Gasteiger partial charge in [-0.3, -0.25) is 0 Å². The summed E-state index contributed by atoms with van der Waals surface area (Å²) < 4.78 is 39.0. The van der Waals surface area contributed by atoms with Crippen LogP contribution in [0.15, 0.2) is 30.3 Å². The van der Waals surface area contributed by atoms with E-state index >= 15 is 0 Å². The van der Waals surface area contributed by atoms with Crippen LogP contribution >= 0.6 is 0 Å². The number of aliphatic hydroxyl groups excluding tert-OH is 1. The van der Waals surface area contributed by atoms with E-state index in [2.05, 4.69) is 0 Å². The van der Waals surface area contributed by atoms with Crippen molar-refractivity contribution in [2.45, 2.75) is 31.7 Å². The Labute approximate surface area is 97.7 Å². The van der Waals surface area contributed by atoms with E-state index < -0.39 is 23.8 Å². The first kappa shape index (κ1) is 14.0. The lowest BCUT2D eigenvalue weighted by molar-refractivity contribution is -0.303. The Morgan fingerprint density at radius 3 is 1.88 bits per heavy atom. The fourth-order valence-electron chi connectivity index (χ4n) is 1.68. The largest absolute Gasteiger partial charge is 0.424 e. The van der Waals surface area contributed by atoms with Crippen LogP contribution in [0.5, 0.6) is 0 Å². The molecular formula is C12H15F3O2. The summed E-state index contributed by atoms with van der Waals surface area (Å²) in [5, 5.41) is 19.5. The molecule has 2 nitrogen and oxygen atoms in total. The molecule has 0 heterocycles. The van der Waals surface area contributed by atoms with Gasteiger partial charge < -0.3 is 10.2 Å². The van der Waals surface area contributed by atoms with Gasteiger partial charge in [0.2, 0.25) is 5.60 Å². The molecule has 17 heavy (non-hydrogen) atoms. The molecule has 1 aromatic carbocycles. The molecule has 0 spiro atoms. The van der Waals surface area contributed by atoms with Crippen LogP contribution in [0.25, 0.3) is 0 Å². The highest BCUT2D eigenvalue weighted by molar-refractivity contribution is 5.26. The number of aliphatic hydroxyl groups is 2. The Bertz CT molecular complexity index is 362. The highest BCUT2D eigenvalue weighted by atomic mass is 19.4. The lowest BCUT2D eigenvalue weighted by Gasteiger charge is -2.37. The number of alkyl halides is 3. The molecule has 0 unspecified atom stereocenters. The van der Waals surface area contributed by atoms with E-state index in [1.807, 2.05) is 0 Å². The maximum atomic E-state index is 13.0. The van der Waals surface area contributed by atoms with Gasteiger partial charge in [-0.15, -0.1) is 0 Å². The number of rotatable bonds is 3. The first-order valence-corrected chi connectivity index (χ1v) is 5.24. The molecule has 0 radical (unpaired) electrons. The summed E-state index contributed by atoms with van der Waals surface area (Å²) in [5.74, 6) is -0.721. The highest BCUT2D eigenvalue weighted by Crippen LogP contribution is 2.43. The summed E-state index contributed by atoms with van der Waals surface area (Å²) in [4.78, 5) is 0. The van der Waals surface area contributed by atoms with Crippen LogP contribution in [0.2, 0.25) is 0 Å². The molecule has 96 valence electrons. The Kier molecular flexibility index (Phi) is 3.84. The van der Waals surface area contributed by atoms with Gasteiger partial charge in [-0.05, 0) is 11.5 Å². The molecule has 1 aromatic rings. The molecule has 0 aliphatic carbocycles. The fourth-order valence-corrected chi connectivity index (χ4v) is 1.68. The highest BCUT2D eigenvalue weighted by Gasteiger charge is 2.60. The molecule has 1 rings (SSSR count). The molecule has 2 atom stereocenters. The maximum Gasteiger partial charge on any atom is 0.424 e. The predicted octanol–water partition coefficient (Wildman–Crippen LogP) is 2.45. The van der Waals surface area contributed by atoms with Crippen LogP contribution < -0.4 is 0 Å². The van der Waals surface area contributed by atoms with E-state index in [0.717, 1.165) is 12.1 Å². The van der Waals surface area contributed by atoms with E-state index in [4.69, 9.17) is 0 Å². The topological polar surface area (TPSA) is 40.5 Å². The molecule has 0 aliphatic heterocycles. The summed E-state index contributed by atoms with van der Waals surface area (Å²) in [6.07, 6.45) is -6.84. The second kappa shape index (κ2) is 4.66. The van der Waals surface area contributed by atoms with Gasteiger partial charge in [0.25, 0.3) is 0 Å². The minimum atomic E-state index is -4.93. The third-order valence-electron chi connectivity index (χ3n) is 2.71. The van der Waals surface area contributed by atoms with Crippen molar-refractivity contribution in [3.8, 4) is 0 Å². The molecule has 2 N–H and O–H groups in total. The second-order valence-corrected chi connectivity index (χ2v) is 4.32. The van der Waals surface area contributed by atoms with Gasteiger partial charge in [-0.25, -0.2) is 0 Å². The third kappa shape index (κ3) is 2.45. The van der Waals surface area contributed by atoms with Crippen molar-refractivity contribution in [2.75, 3.05) is 0 Å². The molecular weight excluding hydrogens is 233 g/mol. The lowest BCUT2D eigenvalue weighted by Crippen LogP contribution is -2.53. The minimum absolute atomic E-state index is 0.353. The fraction of sp³-hybridized carbons (Fsp3) is 0.500. The molecule has 0 aliphatic rings. The predicted molar refractivity (Wildman–Crippen MR) is 57.2 cm³/mol. The summed E-state index contributed by atoms with van der Waals surface area (Å²) >= 11 is 0. The Morgan fingerprint density at radius 2 is 1.53 bits per heavy atom. The molecule has 0 saturated heterocycles. The van der Waals surface area contributed by atoms with Crippen molar-refractivity contribution in [2.24, 2.45) is 5.92 Å². The van der Waals surface area contributed by atoms with Crippen LogP contribution in [-0.4, -0.2) is 22.5 Å². The SMILES string of the molecule is CC(C)[C@H](O)[C@](O)(c1ccccc1)C(F)(F)F. The van der Waals surface area contributed by atoms with Crippen molar-refractivity contribution >= 4 is 0 Å². The Hall–Kier alpha value is -1.07. The van der Waals surface area contributed by atoms with E-state index in [1.165, 1.54) is 26.0 Å². The first-order chi connectivity index (χ1) is 7.71. The molecule has 0 saturated carbocycles. The summed E-state index contributed by atoms with van der Waals surface area (Å²) in [7, 11) is 0. The quantitative estimate of drug-likeness (QED) is 0.862. The first-order valence-electron chi connectivity index (χ1n) is 5.24. The van der Waals surface area contributed by atoms with Crippen molar-refractivity contribution in [3.05, 3.63) is 35.9 Å². The van der Waals surface area contributed by atoms with Crippen molar-refractivity contribution in [3.63, 3.8) is 0 Å². The lowest BCUT2D eigenvalue weighted by atomic mass is 9.82. The molecule has 0 amide bonds. The van der Waals surface area contributed by atoms with Crippen LogP contribution in [0.4, 0.5) is 13.2 Å². The average Bonchev–Trinajstić information content (AvgIpc) is 2.26. The zero-order chi connectivity index (χ0) is 13.3. The normalized spacial score (nSPS) is 17.9. The van der Waals surface area contributed by atoms with Gasteiger partial charge in [0.1, 0.15) is 0 Å². The zero-order valence-corrected chi connectivity index (χ0v) is 9.57. The van der Waals surface area contributed by atoms with Gasteiger partial charge in [0.15, 0.2) is 0 Å². The molecule has 0 aromatic heterocycles. The standard InChI is InChI=1S/C12H15F3O2/c1-8(2)10(16)11(17,12(13,14)15)9-6-4-3-5-7-9/h3-8,10,16-17H,1-2H3/t10-,11+/m0/s1. The van der Waals surface area contributed by atoms with E-state index in [1.54, 1.807) is 6.07 Å². The molecule has 0 bridgehead atoms. The zero-order valence-electron chi connectivity index (χ0n) is 9.57. The minimum Gasteiger partial charge on any atom is -0.389 e. The molecule has 5 heteroatoms. The number of hydrogen-bond donors (Lipinski definition) is 2.